The van der Waals surface area contributed by atoms with Crippen LogP contribution >= 0.6 is 11.6 Å². The van der Waals surface area contributed by atoms with E-state index in [2.05, 4.69) is 13.8 Å². The average molecular weight is 411 g/mol. The molecule has 5 heteroatoms. The Kier molecular flexibility index (Phi) is 9.56. The summed E-state index contributed by atoms with van der Waals surface area (Å²) in [6.07, 6.45) is 7.20. The molecule has 2 rings (SSSR count). The highest BCUT2D eigenvalue weighted by Gasteiger charge is 2.15. The first kappa shape index (κ1) is 22.5. The molecule has 0 aliphatic carbocycles. The highest BCUT2D eigenvalue weighted by molar-refractivity contribution is 6.33. The number of ether oxygens (including phenoxy) is 2. The molecule has 0 aliphatic rings. The van der Waals surface area contributed by atoms with Crippen LogP contribution in [0.2, 0.25) is 5.02 Å². The van der Waals surface area contributed by atoms with Gasteiger partial charge >= 0.3 is 0 Å². The van der Waals surface area contributed by atoms with Crippen LogP contribution in [0.1, 0.15) is 58.8 Å². The molecule has 0 saturated heterocycles. The van der Waals surface area contributed by atoms with E-state index >= 15 is 0 Å². The minimum absolute atomic E-state index is 0.0689. The maximum atomic E-state index is 14.5. The molecule has 0 amide bonds. The zero-order valence-corrected chi connectivity index (χ0v) is 17.5. The van der Waals surface area contributed by atoms with E-state index in [1.807, 2.05) is 0 Å². The predicted octanol–water partition coefficient (Wildman–Crippen LogP) is 7.81. The van der Waals surface area contributed by atoms with Gasteiger partial charge in [0.2, 0.25) is 0 Å². The Bertz CT molecular complexity index is 750. The molecule has 0 atom stereocenters. The van der Waals surface area contributed by atoms with Crippen molar-refractivity contribution in [2.45, 2.75) is 58.8 Å². The number of rotatable bonds is 12. The summed E-state index contributed by atoms with van der Waals surface area (Å²) in [5, 5.41) is -0.0689. The average Bonchev–Trinajstić information content (AvgIpc) is 2.69. The Morgan fingerprint density at radius 1 is 0.786 bits per heavy atom. The van der Waals surface area contributed by atoms with Crippen LogP contribution in [0.15, 0.2) is 30.3 Å². The molecule has 28 heavy (non-hydrogen) atoms. The zero-order valence-electron chi connectivity index (χ0n) is 16.7. The van der Waals surface area contributed by atoms with Gasteiger partial charge in [0, 0.05) is 5.56 Å². The van der Waals surface area contributed by atoms with Gasteiger partial charge in [-0.3, -0.25) is 0 Å². The number of halogens is 3. The van der Waals surface area contributed by atoms with Crippen LogP contribution in [0.5, 0.6) is 11.5 Å². The number of benzene rings is 2. The number of unbranched alkanes of at least 4 members (excludes halogenated alkanes) is 5. The summed E-state index contributed by atoms with van der Waals surface area (Å²) in [4.78, 5) is 0. The fourth-order valence-electron chi connectivity index (χ4n) is 2.90. The summed E-state index contributed by atoms with van der Waals surface area (Å²) >= 11 is 6.19. The highest BCUT2D eigenvalue weighted by atomic mass is 35.5. The van der Waals surface area contributed by atoms with Gasteiger partial charge < -0.3 is 9.47 Å². The summed E-state index contributed by atoms with van der Waals surface area (Å²) in [6.45, 7) is 5.15. The molecule has 0 saturated carbocycles. The molecule has 0 unspecified atom stereocenters. The summed E-state index contributed by atoms with van der Waals surface area (Å²) < 4.78 is 39.9. The largest absolute Gasteiger partial charge is 0.491 e. The van der Waals surface area contributed by atoms with Crippen molar-refractivity contribution in [1.29, 1.82) is 0 Å². The minimum Gasteiger partial charge on any atom is -0.491 e. The molecule has 2 aromatic rings. The molecule has 2 aromatic carbocycles. The third-order valence-corrected chi connectivity index (χ3v) is 4.92. The van der Waals surface area contributed by atoms with E-state index in [9.17, 15) is 8.78 Å². The Labute approximate surface area is 171 Å². The van der Waals surface area contributed by atoms with Crippen LogP contribution in [0.3, 0.4) is 0 Å². The summed E-state index contributed by atoms with van der Waals surface area (Å²) in [6, 6.07) is 7.77. The maximum Gasteiger partial charge on any atom is 0.184 e. The zero-order chi connectivity index (χ0) is 20.4. The van der Waals surface area contributed by atoms with Crippen molar-refractivity contribution >= 4 is 11.6 Å². The summed E-state index contributed by atoms with van der Waals surface area (Å²) in [7, 11) is 0. The van der Waals surface area contributed by atoms with Gasteiger partial charge in [-0.05, 0) is 42.7 Å². The molecule has 0 aliphatic heterocycles. The van der Waals surface area contributed by atoms with Crippen molar-refractivity contribution in [3.8, 4) is 22.6 Å². The molecule has 0 spiro atoms. The molecule has 0 radical (unpaired) electrons. The van der Waals surface area contributed by atoms with Gasteiger partial charge in [-0.25, -0.2) is 8.78 Å². The first-order chi connectivity index (χ1) is 13.6. The Morgan fingerprint density at radius 2 is 1.39 bits per heavy atom. The van der Waals surface area contributed by atoms with E-state index < -0.39 is 11.6 Å². The van der Waals surface area contributed by atoms with Crippen molar-refractivity contribution in [3.05, 3.63) is 47.0 Å². The molecule has 0 aromatic heterocycles. The van der Waals surface area contributed by atoms with Crippen molar-refractivity contribution in [2.75, 3.05) is 13.2 Å². The second-order valence-corrected chi connectivity index (χ2v) is 7.23. The van der Waals surface area contributed by atoms with Gasteiger partial charge in [0.25, 0.3) is 0 Å². The van der Waals surface area contributed by atoms with Crippen molar-refractivity contribution in [1.82, 2.24) is 0 Å². The lowest BCUT2D eigenvalue weighted by Gasteiger charge is -2.12. The molecule has 0 heterocycles. The fourth-order valence-corrected chi connectivity index (χ4v) is 3.16. The SMILES string of the molecule is CCCCCCOc1ccc(-c2ccc(OCCCCC)c(F)c2Cl)cc1F. The van der Waals surface area contributed by atoms with Gasteiger partial charge in [-0.1, -0.05) is 63.6 Å². The first-order valence-electron chi connectivity index (χ1n) is 10.1. The van der Waals surface area contributed by atoms with Crippen LogP contribution in [0.4, 0.5) is 8.78 Å². The monoisotopic (exact) mass is 410 g/mol. The molecular formula is C23H29ClF2O2. The van der Waals surface area contributed by atoms with Gasteiger partial charge in [-0.2, -0.15) is 0 Å². The number of hydrogen-bond donors (Lipinski definition) is 0. The molecular weight excluding hydrogens is 382 g/mol. The fraction of sp³-hybridized carbons (Fsp3) is 0.478. The van der Waals surface area contributed by atoms with Crippen molar-refractivity contribution < 1.29 is 18.3 Å². The minimum atomic E-state index is -0.618. The lowest BCUT2D eigenvalue weighted by atomic mass is 10.0. The standard InChI is InChI=1S/C23H29ClF2O2/c1-3-5-7-9-15-27-20-12-10-17(16-19(20)25)18-11-13-21(23(26)22(18)24)28-14-8-6-4-2/h10-13,16H,3-9,14-15H2,1-2H3. The second kappa shape index (κ2) is 11.9. The summed E-state index contributed by atoms with van der Waals surface area (Å²) in [5.74, 6) is -0.776. The van der Waals surface area contributed by atoms with Crippen LogP contribution < -0.4 is 9.47 Å². The van der Waals surface area contributed by atoms with Gasteiger partial charge in [-0.15, -0.1) is 0 Å². The normalized spacial score (nSPS) is 10.9. The van der Waals surface area contributed by atoms with E-state index in [-0.39, 0.29) is 16.5 Å². The number of hydrogen-bond acceptors (Lipinski definition) is 2. The van der Waals surface area contributed by atoms with Gasteiger partial charge in [0.15, 0.2) is 23.1 Å². The van der Waals surface area contributed by atoms with Crippen molar-refractivity contribution in [2.24, 2.45) is 0 Å². The highest BCUT2D eigenvalue weighted by Crippen LogP contribution is 2.36. The van der Waals surface area contributed by atoms with E-state index in [0.717, 1.165) is 44.9 Å². The van der Waals surface area contributed by atoms with E-state index in [0.29, 0.717) is 24.3 Å². The molecule has 154 valence electrons. The quantitative estimate of drug-likeness (QED) is 0.332. The molecule has 0 fully saturated rings. The molecule has 0 N–H and O–H groups in total. The third kappa shape index (κ3) is 6.37. The smallest absolute Gasteiger partial charge is 0.184 e. The Balaban J connectivity index is 2.06. The van der Waals surface area contributed by atoms with E-state index in [1.54, 1.807) is 24.3 Å². The van der Waals surface area contributed by atoms with E-state index in [4.69, 9.17) is 21.1 Å². The Morgan fingerprint density at radius 3 is 2.07 bits per heavy atom. The van der Waals surface area contributed by atoms with Crippen LogP contribution in [-0.4, -0.2) is 13.2 Å². The van der Waals surface area contributed by atoms with Crippen LogP contribution in [-0.2, 0) is 0 Å². The van der Waals surface area contributed by atoms with Gasteiger partial charge in [0.05, 0.1) is 18.2 Å². The first-order valence-corrected chi connectivity index (χ1v) is 10.5. The van der Waals surface area contributed by atoms with E-state index in [1.165, 1.54) is 6.07 Å². The molecule has 0 bridgehead atoms. The van der Waals surface area contributed by atoms with Crippen molar-refractivity contribution in [3.63, 3.8) is 0 Å². The molecule has 2 nitrogen and oxygen atoms in total. The van der Waals surface area contributed by atoms with Crippen LogP contribution in [0, 0.1) is 11.6 Å². The van der Waals surface area contributed by atoms with Crippen LogP contribution in [0.25, 0.3) is 11.1 Å². The summed E-state index contributed by atoms with van der Waals surface area (Å²) in [5.41, 5.74) is 0.922. The van der Waals surface area contributed by atoms with Gasteiger partial charge in [0.1, 0.15) is 0 Å². The lowest BCUT2D eigenvalue weighted by molar-refractivity contribution is 0.290. The second-order valence-electron chi connectivity index (χ2n) is 6.85. The topological polar surface area (TPSA) is 18.5 Å². The maximum absolute atomic E-state index is 14.5. The predicted molar refractivity (Wildman–Crippen MR) is 111 cm³/mol. The lowest BCUT2D eigenvalue weighted by Crippen LogP contribution is -2.01. The Hall–Kier alpha value is -1.81. The third-order valence-electron chi connectivity index (χ3n) is 4.55.